The summed E-state index contributed by atoms with van der Waals surface area (Å²) in [6.45, 7) is 2.38. The van der Waals surface area contributed by atoms with E-state index in [-0.39, 0.29) is 5.41 Å². The normalized spacial score (nSPS) is 17.9. The molecule has 0 aliphatic heterocycles. The molecule has 0 atom stereocenters. The van der Waals surface area contributed by atoms with E-state index in [9.17, 15) is 8.78 Å². The van der Waals surface area contributed by atoms with Gasteiger partial charge in [0.15, 0.2) is 0 Å². The van der Waals surface area contributed by atoms with Gasteiger partial charge in [-0.1, -0.05) is 19.3 Å². The molecule has 0 bridgehead atoms. The van der Waals surface area contributed by atoms with E-state index in [4.69, 9.17) is 4.74 Å². The van der Waals surface area contributed by atoms with Gasteiger partial charge < -0.3 is 10.1 Å². The van der Waals surface area contributed by atoms with Crippen molar-refractivity contribution in [1.82, 2.24) is 5.32 Å². The predicted octanol–water partition coefficient (Wildman–Crippen LogP) is 3.69. The quantitative estimate of drug-likeness (QED) is 0.775. The van der Waals surface area contributed by atoms with E-state index in [1.165, 1.54) is 31.4 Å². The van der Waals surface area contributed by atoms with Gasteiger partial charge >= 0.3 is 0 Å². The molecule has 2 nitrogen and oxygen atoms in total. The summed E-state index contributed by atoms with van der Waals surface area (Å²) in [4.78, 5) is 0. The van der Waals surface area contributed by atoms with E-state index >= 15 is 0 Å². The number of nitrogens with one attached hydrogen (secondary N) is 1. The third-order valence-electron chi connectivity index (χ3n) is 4.40. The number of hydrogen-bond acceptors (Lipinski definition) is 2. The zero-order chi connectivity index (χ0) is 15.1. The lowest BCUT2D eigenvalue weighted by Gasteiger charge is -2.38. The number of methoxy groups -OCH3 is 1. The Bertz CT molecular complexity index is 424. The summed E-state index contributed by atoms with van der Waals surface area (Å²) in [5, 5.41) is 3.43. The first-order valence-corrected chi connectivity index (χ1v) is 7.78. The molecule has 0 amide bonds. The molecule has 1 N–H and O–H groups in total. The van der Waals surface area contributed by atoms with E-state index in [2.05, 4.69) is 5.32 Å². The molecular weight excluding hydrogens is 272 g/mol. The van der Waals surface area contributed by atoms with Crippen LogP contribution >= 0.6 is 0 Å². The summed E-state index contributed by atoms with van der Waals surface area (Å²) >= 11 is 0. The Labute approximate surface area is 125 Å². The molecule has 1 aromatic carbocycles. The van der Waals surface area contributed by atoms with Crippen LogP contribution in [-0.4, -0.2) is 26.8 Å². The zero-order valence-corrected chi connectivity index (χ0v) is 12.8. The van der Waals surface area contributed by atoms with E-state index in [1.54, 1.807) is 7.11 Å². The molecule has 0 radical (unpaired) electrons. The van der Waals surface area contributed by atoms with Gasteiger partial charge in [-0.2, -0.15) is 0 Å². The molecule has 0 saturated heterocycles. The van der Waals surface area contributed by atoms with Crippen molar-refractivity contribution in [2.24, 2.45) is 5.41 Å². The second-order valence-corrected chi connectivity index (χ2v) is 6.18. The van der Waals surface area contributed by atoms with Crippen molar-refractivity contribution < 1.29 is 13.5 Å². The number of ether oxygens (including phenoxy) is 1. The van der Waals surface area contributed by atoms with Gasteiger partial charge in [0.25, 0.3) is 0 Å². The van der Waals surface area contributed by atoms with Crippen LogP contribution in [-0.2, 0) is 11.2 Å². The minimum absolute atomic E-state index is 0.117. The van der Waals surface area contributed by atoms with Crippen LogP contribution in [0, 0.1) is 17.0 Å². The van der Waals surface area contributed by atoms with Gasteiger partial charge in [0.05, 0.1) is 6.61 Å². The molecule has 1 aliphatic carbocycles. The number of rotatable bonds is 7. The van der Waals surface area contributed by atoms with Crippen molar-refractivity contribution >= 4 is 0 Å². The lowest BCUT2D eigenvalue weighted by atomic mass is 9.70. The average molecular weight is 297 g/mol. The van der Waals surface area contributed by atoms with Crippen molar-refractivity contribution in [3.05, 3.63) is 35.4 Å². The van der Waals surface area contributed by atoms with Crippen molar-refractivity contribution in [3.63, 3.8) is 0 Å². The van der Waals surface area contributed by atoms with E-state index < -0.39 is 11.6 Å². The molecule has 0 unspecified atom stereocenters. The second kappa shape index (κ2) is 7.85. The molecule has 0 aromatic heterocycles. The standard InChI is InChI=1S/C17H25F2NO/c1-21-8-7-20-13-17(5-3-2-4-6-17)12-14-9-15(18)11-16(19)10-14/h9-11,20H,2-8,12-13H2,1H3. The van der Waals surface area contributed by atoms with Crippen molar-refractivity contribution in [2.75, 3.05) is 26.8 Å². The van der Waals surface area contributed by atoms with Crippen LogP contribution in [0.15, 0.2) is 18.2 Å². The molecule has 1 fully saturated rings. The Morgan fingerprint density at radius 2 is 1.76 bits per heavy atom. The summed E-state index contributed by atoms with van der Waals surface area (Å²) in [7, 11) is 1.69. The Hall–Kier alpha value is -1.00. The third-order valence-corrected chi connectivity index (χ3v) is 4.40. The maximum absolute atomic E-state index is 13.4. The average Bonchev–Trinajstić information content (AvgIpc) is 2.43. The minimum Gasteiger partial charge on any atom is -0.383 e. The van der Waals surface area contributed by atoms with Crippen LogP contribution in [0.3, 0.4) is 0 Å². The molecule has 4 heteroatoms. The molecule has 0 heterocycles. The lowest BCUT2D eigenvalue weighted by molar-refractivity contribution is 0.162. The van der Waals surface area contributed by atoms with Crippen LogP contribution < -0.4 is 5.32 Å². The van der Waals surface area contributed by atoms with Gasteiger partial charge in [0, 0.05) is 26.3 Å². The summed E-state index contributed by atoms with van der Waals surface area (Å²) in [5.41, 5.74) is 0.884. The monoisotopic (exact) mass is 297 g/mol. The molecule has 0 spiro atoms. The fourth-order valence-electron chi connectivity index (χ4n) is 3.39. The minimum atomic E-state index is -0.483. The Kier molecular flexibility index (Phi) is 6.12. The molecule has 1 saturated carbocycles. The van der Waals surface area contributed by atoms with E-state index in [1.807, 2.05) is 0 Å². The summed E-state index contributed by atoms with van der Waals surface area (Å²) in [6, 6.07) is 3.87. The van der Waals surface area contributed by atoms with Crippen molar-refractivity contribution in [2.45, 2.75) is 38.5 Å². The van der Waals surface area contributed by atoms with Gasteiger partial charge in [-0.05, 0) is 42.4 Å². The molecule has 2 rings (SSSR count). The molecular formula is C17H25F2NO. The van der Waals surface area contributed by atoms with Crippen LogP contribution in [0.1, 0.15) is 37.7 Å². The smallest absolute Gasteiger partial charge is 0.126 e. The number of benzene rings is 1. The zero-order valence-electron chi connectivity index (χ0n) is 12.8. The van der Waals surface area contributed by atoms with Gasteiger partial charge in [-0.25, -0.2) is 8.78 Å². The predicted molar refractivity (Wildman–Crippen MR) is 80.3 cm³/mol. The summed E-state index contributed by atoms with van der Waals surface area (Å²) < 4.78 is 31.8. The highest BCUT2D eigenvalue weighted by Gasteiger charge is 2.32. The van der Waals surface area contributed by atoms with E-state index in [0.717, 1.165) is 44.0 Å². The van der Waals surface area contributed by atoms with E-state index in [0.29, 0.717) is 6.61 Å². The Balaban J connectivity index is 2.04. The maximum atomic E-state index is 13.4. The highest BCUT2D eigenvalue weighted by atomic mass is 19.1. The Morgan fingerprint density at radius 1 is 1.10 bits per heavy atom. The van der Waals surface area contributed by atoms with Crippen LogP contribution in [0.25, 0.3) is 0 Å². The van der Waals surface area contributed by atoms with Gasteiger partial charge in [-0.15, -0.1) is 0 Å². The lowest BCUT2D eigenvalue weighted by Crippen LogP contribution is -2.39. The summed E-state index contributed by atoms with van der Waals surface area (Å²) in [5.74, 6) is -0.966. The third kappa shape index (κ3) is 5.04. The van der Waals surface area contributed by atoms with Gasteiger partial charge in [0.1, 0.15) is 11.6 Å². The molecule has 118 valence electrons. The summed E-state index contributed by atoms with van der Waals surface area (Å²) in [6.07, 6.45) is 6.63. The maximum Gasteiger partial charge on any atom is 0.126 e. The molecule has 1 aromatic rings. The van der Waals surface area contributed by atoms with Crippen LogP contribution in [0.2, 0.25) is 0 Å². The fraction of sp³-hybridized carbons (Fsp3) is 0.647. The first-order chi connectivity index (χ1) is 10.1. The van der Waals surface area contributed by atoms with Gasteiger partial charge in [0.2, 0.25) is 0 Å². The SMILES string of the molecule is COCCNCC1(Cc2cc(F)cc(F)c2)CCCCC1. The number of halogens is 2. The van der Waals surface area contributed by atoms with Crippen LogP contribution in [0.4, 0.5) is 8.78 Å². The molecule has 1 aliphatic rings. The second-order valence-electron chi connectivity index (χ2n) is 6.18. The molecule has 21 heavy (non-hydrogen) atoms. The first-order valence-electron chi connectivity index (χ1n) is 7.78. The highest BCUT2D eigenvalue weighted by molar-refractivity contribution is 5.20. The number of hydrogen-bond donors (Lipinski definition) is 1. The topological polar surface area (TPSA) is 21.3 Å². The van der Waals surface area contributed by atoms with Crippen LogP contribution in [0.5, 0.6) is 0 Å². The Morgan fingerprint density at radius 3 is 2.38 bits per heavy atom. The highest BCUT2D eigenvalue weighted by Crippen LogP contribution is 2.39. The van der Waals surface area contributed by atoms with Crippen molar-refractivity contribution in [3.8, 4) is 0 Å². The van der Waals surface area contributed by atoms with Crippen molar-refractivity contribution in [1.29, 1.82) is 0 Å². The van der Waals surface area contributed by atoms with Gasteiger partial charge in [-0.3, -0.25) is 0 Å². The first kappa shape index (κ1) is 16.4. The fourth-order valence-corrected chi connectivity index (χ4v) is 3.39. The largest absolute Gasteiger partial charge is 0.383 e.